The van der Waals surface area contributed by atoms with Gasteiger partial charge in [0.15, 0.2) is 0 Å². The van der Waals surface area contributed by atoms with Gasteiger partial charge in [0.05, 0.1) is 41.3 Å². The van der Waals surface area contributed by atoms with Crippen molar-refractivity contribution in [1.29, 1.82) is 0 Å². The minimum Gasteiger partial charge on any atom is -0.318 e. The first-order chi connectivity index (χ1) is 16.3. The first kappa shape index (κ1) is 33.5. The monoisotopic (exact) mass is 479 g/mol. The fraction of sp³-hybridized carbons (Fsp3) is 0.938. The molecule has 2 heteroatoms. The van der Waals surface area contributed by atoms with Gasteiger partial charge < -0.3 is 8.97 Å². The van der Waals surface area contributed by atoms with E-state index >= 15 is 0 Å². The topological polar surface area (TPSA) is 0 Å². The molecule has 0 aromatic heterocycles. The molecule has 0 unspecified atom stereocenters. The van der Waals surface area contributed by atoms with E-state index in [1.807, 2.05) is 0 Å². The molecule has 0 rings (SSSR count). The Morgan fingerprint density at radius 2 is 0.588 bits per heavy atom. The van der Waals surface area contributed by atoms with Gasteiger partial charge in [-0.3, -0.25) is 0 Å². The minimum absolute atomic E-state index is 0.996. The van der Waals surface area contributed by atoms with Crippen LogP contribution in [0.25, 0.3) is 0 Å². The van der Waals surface area contributed by atoms with Gasteiger partial charge in [0.2, 0.25) is 0 Å². The normalized spacial score (nSPS) is 12.1. The van der Waals surface area contributed by atoms with Crippen molar-refractivity contribution in [3.63, 3.8) is 0 Å². The molecule has 0 aromatic rings. The highest BCUT2D eigenvalue weighted by atomic mass is 15.3. The van der Waals surface area contributed by atoms with Crippen molar-refractivity contribution < 1.29 is 8.97 Å². The van der Waals surface area contributed by atoms with Crippen LogP contribution in [-0.2, 0) is 0 Å². The Morgan fingerprint density at radius 3 is 0.853 bits per heavy atom. The third kappa shape index (κ3) is 24.6. The second kappa shape index (κ2) is 22.9. The lowest BCUT2D eigenvalue weighted by atomic mass is 10.1. The molecule has 0 aliphatic carbocycles. The van der Waals surface area contributed by atoms with Gasteiger partial charge in [-0.15, -0.1) is 0 Å². The highest BCUT2D eigenvalue weighted by Gasteiger charge is 2.14. The second-order valence-corrected chi connectivity index (χ2v) is 12.4. The van der Waals surface area contributed by atoms with E-state index in [0.717, 1.165) is 22.1 Å². The van der Waals surface area contributed by atoms with Crippen molar-refractivity contribution in [2.45, 2.75) is 142 Å². The average Bonchev–Trinajstić information content (AvgIpc) is 2.79. The number of rotatable bonds is 24. The number of hydrogen-bond acceptors (Lipinski definition) is 0. The van der Waals surface area contributed by atoms with Crippen molar-refractivity contribution in [3.8, 4) is 11.8 Å². The summed E-state index contributed by atoms with van der Waals surface area (Å²) in [6.45, 7) is 9.12. The summed E-state index contributed by atoms with van der Waals surface area (Å²) in [6.07, 6.45) is 28.3. The van der Waals surface area contributed by atoms with Crippen LogP contribution in [0.15, 0.2) is 0 Å². The second-order valence-electron chi connectivity index (χ2n) is 12.4. The van der Waals surface area contributed by atoms with E-state index in [9.17, 15) is 0 Å². The van der Waals surface area contributed by atoms with Crippen LogP contribution in [0.2, 0.25) is 0 Å². The fourth-order valence-electron chi connectivity index (χ4n) is 4.75. The van der Waals surface area contributed by atoms with E-state index in [4.69, 9.17) is 0 Å². The van der Waals surface area contributed by atoms with E-state index in [0.29, 0.717) is 0 Å². The van der Waals surface area contributed by atoms with E-state index in [1.54, 1.807) is 0 Å². The van der Waals surface area contributed by atoms with Crippen LogP contribution in [0.5, 0.6) is 0 Å². The molecule has 0 bridgehead atoms. The summed E-state index contributed by atoms with van der Waals surface area (Å²) in [6, 6.07) is 0. The third-order valence-electron chi connectivity index (χ3n) is 7.37. The number of hydrogen-bond donors (Lipinski definition) is 0. The van der Waals surface area contributed by atoms with Crippen LogP contribution in [0.1, 0.15) is 142 Å². The number of quaternary nitrogens is 2. The van der Waals surface area contributed by atoms with Crippen LogP contribution < -0.4 is 0 Å². The number of unbranched alkanes of at least 4 members (excludes halogenated alkanes) is 18. The van der Waals surface area contributed by atoms with Crippen molar-refractivity contribution in [3.05, 3.63) is 0 Å². The Morgan fingerprint density at radius 1 is 0.353 bits per heavy atom. The Kier molecular flexibility index (Phi) is 22.6. The van der Waals surface area contributed by atoms with E-state index < -0.39 is 0 Å². The molecule has 0 spiro atoms. The molecule has 0 saturated carbocycles. The molecular formula is C32H66N2+2. The van der Waals surface area contributed by atoms with Crippen molar-refractivity contribution in [2.75, 3.05) is 54.4 Å². The molecule has 0 saturated heterocycles. The first-order valence-electron chi connectivity index (χ1n) is 15.4. The molecule has 0 amide bonds. The van der Waals surface area contributed by atoms with Gasteiger partial charge in [0.25, 0.3) is 0 Å². The van der Waals surface area contributed by atoms with Gasteiger partial charge in [-0.25, -0.2) is 0 Å². The van der Waals surface area contributed by atoms with Crippen LogP contribution in [0.3, 0.4) is 0 Å². The maximum Gasteiger partial charge on any atom is 0.140 e. The molecule has 0 aliphatic rings. The summed E-state index contributed by atoms with van der Waals surface area (Å²) in [5, 5.41) is 0. The highest BCUT2D eigenvalue weighted by molar-refractivity contribution is 4.99. The van der Waals surface area contributed by atoms with Gasteiger partial charge in [-0.05, 0) is 37.5 Å². The average molecular weight is 479 g/mol. The Hall–Kier alpha value is -0.520. The molecule has 0 radical (unpaired) electrons. The van der Waals surface area contributed by atoms with E-state index in [-0.39, 0.29) is 0 Å². The molecule has 0 atom stereocenters. The smallest absolute Gasteiger partial charge is 0.140 e. The summed E-state index contributed by atoms with van der Waals surface area (Å²) in [5.41, 5.74) is 0. The molecule has 0 aromatic carbocycles. The standard InChI is InChI=1S/C32H66N2/c1-7-9-11-13-15-17-19-21-23-25-29-33(3,4)31-27-28-32-34(5,6)30-26-24-22-20-18-16-14-12-10-8-2/h7-26,29-32H2,1-6H3/q+2. The quantitative estimate of drug-likeness (QED) is 0.0737. The molecule has 0 N–H and O–H groups in total. The van der Waals surface area contributed by atoms with Gasteiger partial charge in [0, 0.05) is 0 Å². The minimum atomic E-state index is 0.996. The summed E-state index contributed by atoms with van der Waals surface area (Å²) < 4.78 is 2.10. The highest BCUT2D eigenvalue weighted by Crippen LogP contribution is 2.13. The fourth-order valence-corrected chi connectivity index (χ4v) is 4.75. The first-order valence-corrected chi connectivity index (χ1v) is 15.4. The SMILES string of the molecule is CCCCCCCCCCCC[N+](C)(C)CC#CC[N+](C)(C)CCCCCCCCCCCC. The zero-order chi connectivity index (χ0) is 25.4. The van der Waals surface area contributed by atoms with Crippen LogP contribution in [-0.4, -0.2) is 63.3 Å². The van der Waals surface area contributed by atoms with Crippen molar-refractivity contribution >= 4 is 0 Å². The Bertz CT molecular complexity index is 441. The maximum absolute atomic E-state index is 3.51. The Balaban J connectivity index is 3.72. The lowest BCUT2D eigenvalue weighted by Crippen LogP contribution is -2.42. The van der Waals surface area contributed by atoms with Gasteiger partial charge in [-0.1, -0.05) is 117 Å². The van der Waals surface area contributed by atoms with Gasteiger partial charge in [0.1, 0.15) is 13.1 Å². The summed E-state index contributed by atoms with van der Waals surface area (Å²) in [7, 11) is 9.41. The third-order valence-corrected chi connectivity index (χ3v) is 7.37. The largest absolute Gasteiger partial charge is 0.318 e. The van der Waals surface area contributed by atoms with Crippen molar-refractivity contribution in [2.24, 2.45) is 0 Å². The molecule has 34 heavy (non-hydrogen) atoms. The molecule has 0 aliphatic heterocycles. The summed E-state index contributed by atoms with van der Waals surface area (Å²) in [5.74, 6) is 7.03. The van der Waals surface area contributed by atoms with Crippen LogP contribution >= 0.6 is 0 Å². The lowest BCUT2D eigenvalue weighted by molar-refractivity contribution is -0.885. The predicted octanol–water partition coefficient (Wildman–Crippen LogP) is 8.98. The predicted molar refractivity (Wildman–Crippen MR) is 155 cm³/mol. The van der Waals surface area contributed by atoms with Crippen molar-refractivity contribution in [1.82, 2.24) is 0 Å². The maximum atomic E-state index is 3.51. The molecule has 0 heterocycles. The van der Waals surface area contributed by atoms with Crippen LogP contribution in [0.4, 0.5) is 0 Å². The zero-order valence-electron chi connectivity index (χ0n) is 24.9. The Labute approximate surface area is 217 Å². The van der Waals surface area contributed by atoms with E-state index in [2.05, 4.69) is 53.9 Å². The lowest BCUT2D eigenvalue weighted by Gasteiger charge is -2.28. The van der Waals surface area contributed by atoms with Crippen LogP contribution in [0, 0.1) is 11.8 Å². The van der Waals surface area contributed by atoms with E-state index in [1.165, 1.54) is 142 Å². The van der Waals surface area contributed by atoms with Gasteiger partial charge >= 0.3 is 0 Å². The molecule has 2 nitrogen and oxygen atoms in total. The molecular weight excluding hydrogens is 412 g/mol. The zero-order valence-corrected chi connectivity index (χ0v) is 24.9. The number of nitrogens with zero attached hydrogens (tertiary/aromatic N) is 2. The van der Waals surface area contributed by atoms with Gasteiger partial charge in [-0.2, -0.15) is 0 Å². The summed E-state index contributed by atoms with van der Waals surface area (Å²) in [4.78, 5) is 0. The molecule has 0 fully saturated rings. The summed E-state index contributed by atoms with van der Waals surface area (Å²) >= 11 is 0. The molecule has 202 valence electrons.